The molecule has 0 atom stereocenters. The summed E-state index contributed by atoms with van der Waals surface area (Å²) in [6.07, 6.45) is 1.95. The van der Waals surface area contributed by atoms with Crippen LogP contribution in [0.5, 0.6) is 0 Å². The average Bonchev–Trinajstić information content (AvgIpc) is 2.58. The Bertz CT molecular complexity index is 233. The van der Waals surface area contributed by atoms with E-state index in [1.54, 1.807) is 0 Å². The van der Waals surface area contributed by atoms with Gasteiger partial charge in [-0.2, -0.15) is 0 Å². The quantitative estimate of drug-likeness (QED) is 0.656. The van der Waals surface area contributed by atoms with Gasteiger partial charge in [-0.25, -0.2) is 0 Å². The molecule has 2 rings (SSSR count). The number of carbonyl (C=O) groups excluding carboxylic acids is 1. The van der Waals surface area contributed by atoms with Crippen molar-refractivity contribution in [3.63, 3.8) is 0 Å². The fourth-order valence-electron chi connectivity index (χ4n) is 2.72. The third-order valence-corrected chi connectivity index (χ3v) is 3.67. The van der Waals surface area contributed by atoms with Gasteiger partial charge in [0.05, 0.1) is 0 Å². The summed E-state index contributed by atoms with van der Waals surface area (Å²) in [7, 11) is 0. The standard InChI is InChI=1S/C11H20N2O/c1-3-10(14)13-8-11(9-13)5-6-12(4-2)7-11/h3-9H2,1-2H3. The Morgan fingerprint density at radius 1 is 1.29 bits per heavy atom. The van der Waals surface area contributed by atoms with Gasteiger partial charge in [0.1, 0.15) is 0 Å². The summed E-state index contributed by atoms with van der Waals surface area (Å²) in [4.78, 5) is 15.9. The maximum Gasteiger partial charge on any atom is 0.222 e. The first-order valence-electron chi connectivity index (χ1n) is 5.69. The molecular weight excluding hydrogens is 176 g/mol. The molecule has 1 spiro atoms. The molecule has 0 N–H and O–H groups in total. The van der Waals surface area contributed by atoms with Crippen molar-refractivity contribution in [2.75, 3.05) is 32.7 Å². The fraction of sp³-hybridized carbons (Fsp3) is 0.909. The van der Waals surface area contributed by atoms with E-state index in [9.17, 15) is 4.79 Å². The van der Waals surface area contributed by atoms with Crippen molar-refractivity contribution in [2.24, 2.45) is 5.41 Å². The number of likely N-dealkylation sites (tertiary alicyclic amines) is 2. The first-order valence-corrected chi connectivity index (χ1v) is 5.69. The van der Waals surface area contributed by atoms with Gasteiger partial charge in [0.15, 0.2) is 0 Å². The third-order valence-electron chi connectivity index (χ3n) is 3.67. The zero-order chi connectivity index (χ0) is 10.2. The monoisotopic (exact) mass is 196 g/mol. The van der Waals surface area contributed by atoms with Crippen LogP contribution in [0, 0.1) is 5.41 Å². The highest BCUT2D eigenvalue weighted by Gasteiger charge is 2.48. The van der Waals surface area contributed by atoms with Crippen molar-refractivity contribution in [3.05, 3.63) is 0 Å². The Kier molecular flexibility index (Phi) is 2.52. The van der Waals surface area contributed by atoms with Crippen molar-refractivity contribution >= 4 is 5.91 Å². The van der Waals surface area contributed by atoms with E-state index >= 15 is 0 Å². The lowest BCUT2D eigenvalue weighted by atomic mass is 9.79. The summed E-state index contributed by atoms with van der Waals surface area (Å²) in [5.74, 6) is 0.325. The van der Waals surface area contributed by atoms with Crippen LogP contribution in [-0.2, 0) is 4.79 Å². The molecule has 2 saturated heterocycles. The highest BCUT2D eigenvalue weighted by molar-refractivity contribution is 5.76. The second-order valence-corrected chi connectivity index (χ2v) is 4.72. The van der Waals surface area contributed by atoms with Gasteiger partial charge in [0.25, 0.3) is 0 Å². The summed E-state index contributed by atoms with van der Waals surface area (Å²) >= 11 is 0. The average molecular weight is 196 g/mol. The third kappa shape index (κ3) is 1.54. The number of amides is 1. The van der Waals surface area contributed by atoms with Crippen molar-refractivity contribution in [2.45, 2.75) is 26.7 Å². The molecular formula is C11H20N2O. The van der Waals surface area contributed by atoms with E-state index in [1.807, 2.05) is 11.8 Å². The minimum atomic E-state index is 0.325. The summed E-state index contributed by atoms with van der Waals surface area (Å²) in [6.45, 7) is 9.77. The number of hydrogen-bond acceptors (Lipinski definition) is 2. The van der Waals surface area contributed by atoms with Gasteiger partial charge < -0.3 is 9.80 Å². The lowest BCUT2D eigenvalue weighted by Crippen LogP contribution is -2.59. The van der Waals surface area contributed by atoms with Crippen LogP contribution in [-0.4, -0.2) is 48.4 Å². The highest BCUT2D eigenvalue weighted by atomic mass is 16.2. The molecule has 0 aromatic heterocycles. The van der Waals surface area contributed by atoms with E-state index in [0.29, 0.717) is 17.7 Å². The Morgan fingerprint density at radius 2 is 2.00 bits per heavy atom. The van der Waals surface area contributed by atoms with Crippen LogP contribution < -0.4 is 0 Å². The molecule has 2 aliphatic rings. The molecule has 80 valence electrons. The van der Waals surface area contributed by atoms with Crippen molar-refractivity contribution in [1.82, 2.24) is 9.80 Å². The summed E-state index contributed by atoms with van der Waals surface area (Å²) in [5, 5.41) is 0. The topological polar surface area (TPSA) is 23.6 Å². The molecule has 2 aliphatic heterocycles. The molecule has 2 fully saturated rings. The van der Waals surface area contributed by atoms with Crippen molar-refractivity contribution in [1.29, 1.82) is 0 Å². The zero-order valence-electron chi connectivity index (χ0n) is 9.25. The molecule has 0 aliphatic carbocycles. The highest BCUT2D eigenvalue weighted by Crippen LogP contribution is 2.39. The van der Waals surface area contributed by atoms with E-state index in [-0.39, 0.29) is 0 Å². The molecule has 2 heterocycles. The van der Waals surface area contributed by atoms with Crippen LogP contribution in [0.1, 0.15) is 26.7 Å². The maximum atomic E-state index is 11.4. The van der Waals surface area contributed by atoms with Crippen molar-refractivity contribution in [3.8, 4) is 0 Å². The molecule has 3 heteroatoms. The van der Waals surface area contributed by atoms with Gasteiger partial charge in [-0.1, -0.05) is 13.8 Å². The van der Waals surface area contributed by atoms with Crippen LogP contribution in [0.25, 0.3) is 0 Å². The van der Waals surface area contributed by atoms with Gasteiger partial charge >= 0.3 is 0 Å². The van der Waals surface area contributed by atoms with Crippen molar-refractivity contribution < 1.29 is 4.79 Å². The van der Waals surface area contributed by atoms with E-state index in [2.05, 4.69) is 11.8 Å². The van der Waals surface area contributed by atoms with Crippen LogP contribution in [0.4, 0.5) is 0 Å². The zero-order valence-corrected chi connectivity index (χ0v) is 9.25. The minimum Gasteiger partial charge on any atom is -0.341 e. The largest absolute Gasteiger partial charge is 0.341 e. The first-order chi connectivity index (χ1) is 6.69. The number of nitrogens with zero attached hydrogens (tertiary/aromatic N) is 2. The second-order valence-electron chi connectivity index (χ2n) is 4.72. The number of hydrogen-bond donors (Lipinski definition) is 0. The summed E-state index contributed by atoms with van der Waals surface area (Å²) in [5.41, 5.74) is 0.473. The molecule has 0 unspecified atom stereocenters. The normalized spacial score (nSPS) is 25.4. The molecule has 3 nitrogen and oxygen atoms in total. The van der Waals surface area contributed by atoms with Crippen LogP contribution in [0.15, 0.2) is 0 Å². The molecule has 0 saturated carbocycles. The molecule has 14 heavy (non-hydrogen) atoms. The predicted molar refractivity (Wildman–Crippen MR) is 56.0 cm³/mol. The summed E-state index contributed by atoms with van der Waals surface area (Å²) < 4.78 is 0. The lowest BCUT2D eigenvalue weighted by Gasteiger charge is -2.48. The van der Waals surface area contributed by atoms with Gasteiger partial charge in [-0.05, 0) is 19.5 Å². The van der Waals surface area contributed by atoms with E-state index < -0.39 is 0 Å². The van der Waals surface area contributed by atoms with E-state index in [1.165, 1.54) is 19.5 Å². The van der Waals surface area contributed by atoms with Gasteiger partial charge in [-0.3, -0.25) is 4.79 Å². The Labute approximate surface area is 86.1 Å². The number of rotatable bonds is 2. The fourth-order valence-corrected chi connectivity index (χ4v) is 2.72. The number of carbonyl (C=O) groups is 1. The second kappa shape index (κ2) is 3.54. The Hall–Kier alpha value is -0.570. The lowest BCUT2D eigenvalue weighted by molar-refractivity contribution is -0.142. The molecule has 1 amide bonds. The molecule has 0 bridgehead atoms. The Morgan fingerprint density at radius 3 is 2.50 bits per heavy atom. The van der Waals surface area contributed by atoms with Gasteiger partial charge in [0.2, 0.25) is 5.91 Å². The predicted octanol–water partition coefficient (Wildman–Crippen LogP) is 0.951. The Balaban J connectivity index is 1.84. The van der Waals surface area contributed by atoms with Crippen LogP contribution in [0.3, 0.4) is 0 Å². The molecule has 0 aromatic rings. The van der Waals surface area contributed by atoms with Crippen LogP contribution >= 0.6 is 0 Å². The van der Waals surface area contributed by atoms with E-state index in [4.69, 9.17) is 0 Å². The van der Waals surface area contributed by atoms with Crippen LogP contribution in [0.2, 0.25) is 0 Å². The molecule has 0 aromatic carbocycles. The molecule has 0 radical (unpaired) electrons. The first kappa shape index (κ1) is 9.97. The SMILES string of the molecule is CCC(=O)N1CC2(CCN(CC)C2)C1. The summed E-state index contributed by atoms with van der Waals surface area (Å²) in [6, 6.07) is 0. The van der Waals surface area contributed by atoms with Gasteiger partial charge in [0, 0.05) is 31.5 Å². The minimum absolute atomic E-state index is 0.325. The van der Waals surface area contributed by atoms with Gasteiger partial charge in [-0.15, -0.1) is 0 Å². The maximum absolute atomic E-state index is 11.4. The smallest absolute Gasteiger partial charge is 0.222 e. The van der Waals surface area contributed by atoms with E-state index in [0.717, 1.165) is 19.6 Å².